The predicted molar refractivity (Wildman–Crippen MR) is 62.2 cm³/mol. The van der Waals surface area contributed by atoms with Crippen LogP contribution in [0.2, 0.25) is 0 Å². The molecule has 0 aromatic carbocycles. The van der Waals surface area contributed by atoms with Crippen molar-refractivity contribution in [2.75, 3.05) is 23.5 Å². The SMILES string of the molecule is CN(c1nccnc1C#N)C1CCS(=O)(=O)C1. The Morgan fingerprint density at radius 2 is 2.18 bits per heavy atom. The van der Waals surface area contributed by atoms with Gasteiger partial charge in [0.1, 0.15) is 6.07 Å². The molecule has 2 rings (SSSR count). The summed E-state index contributed by atoms with van der Waals surface area (Å²) in [5, 5.41) is 8.92. The molecular formula is C10H12N4O2S. The van der Waals surface area contributed by atoms with Crippen molar-refractivity contribution in [3.63, 3.8) is 0 Å². The second-order valence-electron chi connectivity index (χ2n) is 4.01. The Balaban J connectivity index is 2.27. The molecule has 6 nitrogen and oxygen atoms in total. The Morgan fingerprint density at radius 1 is 1.47 bits per heavy atom. The van der Waals surface area contributed by atoms with Gasteiger partial charge in [-0.2, -0.15) is 5.26 Å². The molecule has 1 aliphatic rings. The maximum Gasteiger partial charge on any atom is 0.183 e. The monoisotopic (exact) mass is 252 g/mol. The Labute approximate surface area is 99.8 Å². The molecule has 2 heterocycles. The molecule has 0 radical (unpaired) electrons. The number of hydrogen-bond donors (Lipinski definition) is 0. The summed E-state index contributed by atoms with van der Waals surface area (Å²) in [5.41, 5.74) is 0.222. The number of sulfone groups is 1. The molecule has 1 saturated heterocycles. The van der Waals surface area contributed by atoms with Crippen LogP contribution in [-0.2, 0) is 9.84 Å². The average molecular weight is 252 g/mol. The zero-order chi connectivity index (χ0) is 12.5. The van der Waals surface area contributed by atoms with E-state index in [2.05, 4.69) is 9.97 Å². The minimum Gasteiger partial charge on any atom is -0.353 e. The van der Waals surface area contributed by atoms with Crippen LogP contribution in [0, 0.1) is 11.3 Å². The van der Waals surface area contributed by atoms with Gasteiger partial charge in [0.25, 0.3) is 0 Å². The van der Waals surface area contributed by atoms with E-state index in [1.165, 1.54) is 12.4 Å². The van der Waals surface area contributed by atoms with Gasteiger partial charge in [-0.15, -0.1) is 0 Å². The fourth-order valence-electron chi connectivity index (χ4n) is 1.92. The number of aromatic nitrogens is 2. The smallest absolute Gasteiger partial charge is 0.183 e. The molecule has 1 fully saturated rings. The van der Waals surface area contributed by atoms with Crippen LogP contribution in [0.25, 0.3) is 0 Å². The summed E-state index contributed by atoms with van der Waals surface area (Å²) in [7, 11) is -1.19. The Hall–Kier alpha value is -1.68. The largest absolute Gasteiger partial charge is 0.353 e. The molecule has 7 heteroatoms. The van der Waals surface area contributed by atoms with E-state index in [0.717, 1.165) is 0 Å². The van der Waals surface area contributed by atoms with Crippen LogP contribution in [0.5, 0.6) is 0 Å². The van der Waals surface area contributed by atoms with Gasteiger partial charge in [-0.25, -0.2) is 18.4 Å². The van der Waals surface area contributed by atoms with Gasteiger partial charge in [-0.3, -0.25) is 0 Å². The van der Waals surface area contributed by atoms with Gasteiger partial charge in [0, 0.05) is 25.5 Å². The number of nitriles is 1. The van der Waals surface area contributed by atoms with Crippen molar-refractivity contribution in [2.45, 2.75) is 12.5 Å². The molecule has 0 bridgehead atoms. The van der Waals surface area contributed by atoms with Crippen LogP contribution in [0.1, 0.15) is 12.1 Å². The van der Waals surface area contributed by atoms with Gasteiger partial charge >= 0.3 is 0 Å². The van der Waals surface area contributed by atoms with Crippen LogP contribution >= 0.6 is 0 Å². The highest BCUT2D eigenvalue weighted by Crippen LogP contribution is 2.22. The zero-order valence-electron chi connectivity index (χ0n) is 9.37. The molecule has 1 aromatic rings. The molecule has 1 aromatic heterocycles. The Kier molecular flexibility index (Phi) is 2.98. The summed E-state index contributed by atoms with van der Waals surface area (Å²) >= 11 is 0. The Bertz CT molecular complexity index is 564. The number of rotatable bonds is 2. The zero-order valence-corrected chi connectivity index (χ0v) is 10.2. The van der Waals surface area contributed by atoms with E-state index >= 15 is 0 Å². The van der Waals surface area contributed by atoms with Gasteiger partial charge < -0.3 is 4.90 Å². The van der Waals surface area contributed by atoms with Gasteiger partial charge in [-0.05, 0) is 6.42 Å². The third kappa shape index (κ3) is 2.36. The summed E-state index contributed by atoms with van der Waals surface area (Å²) in [6.07, 6.45) is 3.51. The lowest BCUT2D eigenvalue weighted by Gasteiger charge is -2.24. The standard InChI is InChI=1S/C10H12N4O2S/c1-14(8-2-5-17(15,16)7-8)10-9(6-11)12-3-4-13-10/h3-4,8H,2,5,7H2,1H3. The van der Waals surface area contributed by atoms with Crippen molar-refractivity contribution in [1.29, 1.82) is 5.26 Å². The van der Waals surface area contributed by atoms with Crippen molar-refractivity contribution in [3.05, 3.63) is 18.1 Å². The quantitative estimate of drug-likeness (QED) is 0.734. The number of anilines is 1. The first-order chi connectivity index (χ1) is 8.03. The van der Waals surface area contributed by atoms with Crippen molar-refractivity contribution in [3.8, 4) is 6.07 Å². The first kappa shape index (κ1) is 11.8. The Morgan fingerprint density at radius 3 is 2.76 bits per heavy atom. The van der Waals surface area contributed by atoms with Gasteiger partial charge in [-0.1, -0.05) is 0 Å². The molecule has 1 atom stereocenters. The lowest BCUT2D eigenvalue weighted by Crippen LogP contribution is -2.33. The highest BCUT2D eigenvalue weighted by molar-refractivity contribution is 7.91. The van der Waals surface area contributed by atoms with Crippen LogP contribution in [0.3, 0.4) is 0 Å². The van der Waals surface area contributed by atoms with E-state index in [9.17, 15) is 8.42 Å². The summed E-state index contributed by atoms with van der Waals surface area (Å²) in [6.45, 7) is 0. The highest BCUT2D eigenvalue weighted by atomic mass is 32.2. The normalized spacial score (nSPS) is 22.0. The van der Waals surface area contributed by atoms with E-state index in [1.54, 1.807) is 11.9 Å². The topological polar surface area (TPSA) is 86.9 Å². The van der Waals surface area contributed by atoms with Gasteiger partial charge in [0.15, 0.2) is 21.3 Å². The first-order valence-corrected chi connectivity index (χ1v) is 7.00. The third-order valence-corrected chi connectivity index (χ3v) is 4.63. The minimum absolute atomic E-state index is 0.116. The lowest BCUT2D eigenvalue weighted by molar-refractivity contribution is 0.600. The highest BCUT2D eigenvalue weighted by Gasteiger charge is 2.32. The number of hydrogen-bond acceptors (Lipinski definition) is 6. The third-order valence-electron chi connectivity index (χ3n) is 2.88. The summed E-state index contributed by atoms with van der Waals surface area (Å²) in [4.78, 5) is 9.73. The molecule has 1 aliphatic heterocycles. The van der Waals surface area contributed by atoms with Crippen molar-refractivity contribution >= 4 is 15.7 Å². The van der Waals surface area contributed by atoms with Crippen LogP contribution in [-0.4, -0.2) is 43.0 Å². The van der Waals surface area contributed by atoms with Crippen molar-refractivity contribution < 1.29 is 8.42 Å². The maximum atomic E-state index is 11.4. The minimum atomic E-state index is -2.94. The summed E-state index contributed by atoms with van der Waals surface area (Å²) in [6, 6.07) is 1.83. The first-order valence-electron chi connectivity index (χ1n) is 5.18. The fraction of sp³-hybridized carbons (Fsp3) is 0.500. The van der Waals surface area contributed by atoms with Gasteiger partial charge in [0.2, 0.25) is 0 Å². The molecule has 0 amide bonds. The molecule has 0 spiro atoms. The summed E-state index contributed by atoms with van der Waals surface area (Å²) in [5.74, 6) is 0.756. The second kappa shape index (κ2) is 4.30. The molecule has 0 aliphatic carbocycles. The lowest BCUT2D eigenvalue weighted by atomic mass is 10.2. The van der Waals surface area contributed by atoms with E-state index in [4.69, 9.17) is 5.26 Å². The number of nitrogens with zero attached hydrogens (tertiary/aromatic N) is 4. The van der Waals surface area contributed by atoms with Crippen LogP contribution < -0.4 is 4.90 Å². The van der Waals surface area contributed by atoms with Crippen LogP contribution in [0.4, 0.5) is 5.82 Å². The predicted octanol–water partition coefficient (Wildman–Crippen LogP) is -0.0284. The molecule has 1 unspecified atom stereocenters. The average Bonchev–Trinajstić information content (AvgIpc) is 2.68. The van der Waals surface area contributed by atoms with Crippen molar-refractivity contribution in [2.24, 2.45) is 0 Å². The van der Waals surface area contributed by atoms with Crippen molar-refractivity contribution in [1.82, 2.24) is 9.97 Å². The summed E-state index contributed by atoms with van der Waals surface area (Å²) < 4.78 is 22.8. The molecule has 17 heavy (non-hydrogen) atoms. The molecule has 90 valence electrons. The van der Waals surface area contributed by atoms with Gasteiger partial charge in [0.05, 0.1) is 11.5 Å². The van der Waals surface area contributed by atoms with E-state index in [0.29, 0.717) is 12.2 Å². The molecular weight excluding hydrogens is 240 g/mol. The fourth-order valence-corrected chi connectivity index (χ4v) is 3.70. The molecule has 0 N–H and O–H groups in total. The maximum absolute atomic E-state index is 11.4. The van der Waals surface area contributed by atoms with E-state index < -0.39 is 9.84 Å². The van der Waals surface area contributed by atoms with E-state index in [-0.39, 0.29) is 23.2 Å². The van der Waals surface area contributed by atoms with E-state index in [1.807, 2.05) is 6.07 Å². The van der Waals surface area contributed by atoms with Crippen LogP contribution in [0.15, 0.2) is 12.4 Å². The molecule has 0 saturated carbocycles. The second-order valence-corrected chi connectivity index (χ2v) is 6.24.